The number of hydrogen-bond acceptors (Lipinski definition) is 7. The van der Waals surface area contributed by atoms with Crippen LogP contribution in [-0.2, 0) is 11.3 Å². The van der Waals surface area contributed by atoms with Crippen LogP contribution in [0, 0.1) is 11.3 Å². The normalized spacial score (nSPS) is 28.5. The number of amides is 1. The number of rotatable bonds is 7. The average molecular weight is 463 g/mol. The zero-order valence-corrected chi connectivity index (χ0v) is 19.7. The van der Waals surface area contributed by atoms with Crippen LogP contribution in [0.5, 0.6) is 0 Å². The van der Waals surface area contributed by atoms with Gasteiger partial charge in [0.25, 0.3) is 5.91 Å². The summed E-state index contributed by atoms with van der Waals surface area (Å²) in [7, 11) is 0. The Morgan fingerprint density at radius 2 is 2.03 bits per heavy atom. The third-order valence-electron chi connectivity index (χ3n) is 8.72. The highest BCUT2D eigenvalue weighted by Gasteiger charge is 2.63. The van der Waals surface area contributed by atoms with Crippen molar-refractivity contribution >= 4 is 17.3 Å². The van der Waals surface area contributed by atoms with Gasteiger partial charge in [0.05, 0.1) is 12.7 Å². The largest absolute Gasteiger partial charge is 0.398 e. The van der Waals surface area contributed by atoms with E-state index in [1.165, 1.54) is 51.6 Å². The Morgan fingerprint density at radius 3 is 2.71 bits per heavy atom. The molecule has 180 valence electrons. The van der Waals surface area contributed by atoms with Gasteiger partial charge in [0.15, 0.2) is 0 Å². The highest BCUT2D eigenvalue weighted by molar-refractivity contribution is 6.45. The molecule has 3 aliphatic heterocycles. The first-order valence-corrected chi connectivity index (χ1v) is 12.7. The van der Waals surface area contributed by atoms with E-state index >= 15 is 0 Å². The predicted octanol–water partition coefficient (Wildman–Crippen LogP) is 1.73. The maximum Gasteiger partial charge on any atom is 0.270 e. The van der Waals surface area contributed by atoms with Crippen LogP contribution in [0.25, 0.3) is 11.3 Å². The highest BCUT2D eigenvalue weighted by atomic mass is 16.2. The Hall–Kier alpha value is -2.78. The Morgan fingerprint density at radius 1 is 1.18 bits per heavy atom. The lowest BCUT2D eigenvalue weighted by molar-refractivity contribution is -0.116. The van der Waals surface area contributed by atoms with E-state index in [0.29, 0.717) is 22.7 Å². The number of benzene rings is 1. The lowest BCUT2D eigenvalue weighted by Gasteiger charge is -2.58. The molecule has 0 radical (unpaired) electrons. The van der Waals surface area contributed by atoms with Crippen molar-refractivity contribution in [2.24, 2.45) is 5.92 Å². The van der Waals surface area contributed by atoms with E-state index in [0.717, 1.165) is 37.4 Å². The van der Waals surface area contributed by atoms with Crippen molar-refractivity contribution < 1.29 is 4.79 Å². The lowest BCUT2D eigenvalue weighted by atomic mass is 9.61. The van der Waals surface area contributed by atoms with Gasteiger partial charge in [-0.05, 0) is 63.2 Å². The van der Waals surface area contributed by atoms with Crippen molar-refractivity contribution in [3.05, 3.63) is 30.0 Å². The molecule has 2 aromatic rings. The molecule has 4 N–H and O–H groups in total. The van der Waals surface area contributed by atoms with E-state index in [2.05, 4.69) is 25.4 Å². The molecular formula is C25H34N8O. The first-order chi connectivity index (χ1) is 16.5. The molecule has 1 spiro atoms. The van der Waals surface area contributed by atoms with Gasteiger partial charge < -0.3 is 16.0 Å². The second-order valence-electron chi connectivity index (χ2n) is 10.5. The summed E-state index contributed by atoms with van der Waals surface area (Å²) >= 11 is 0. The number of carbonyl (C=O) groups is 1. The zero-order valence-electron chi connectivity index (χ0n) is 19.7. The number of nitrogens with zero attached hydrogens (tertiary/aromatic N) is 5. The van der Waals surface area contributed by atoms with Gasteiger partial charge in [-0.1, -0.05) is 17.7 Å². The maximum absolute atomic E-state index is 12.9. The van der Waals surface area contributed by atoms with E-state index in [1.807, 2.05) is 16.9 Å². The number of aromatic nitrogens is 3. The van der Waals surface area contributed by atoms with Crippen LogP contribution < -0.4 is 11.1 Å². The summed E-state index contributed by atoms with van der Waals surface area (Å²) in [5.74, 6) is 0.202. The number of carbonyl (C=O) groups excluding carboxylic acids is 1. The van der Waals surface area contributed by atoms with Crippen LogP contribution >= 0.6 is 0 Å². The van der Waals surface area contributed by atoms with Crippen molar-refractivity contribution in [2.75, 3.05) is 38.5 Å². The smallest absolute Gasteiger partial charge is 0.270 e. The number of nitrogens with one attached hydrogen (secondary N) is 2. The zero-order chi connectivity index (χ0) is 23.3. The topological polar surface area (TPSA) is 116 Å². The first-order valence-electron chi connectivity index (χ1n) is 12.7. The van der Waals surface area contributed by atoms with Crippen molar-refractivity contribution in [3.8, 4) is 11.3 Å². The quantitative estimate of drug-likeness (QED) is 0.426. The second kappa shape index (κ2) is 8.46. The molecule has 34 heavy (non-hydrogen) atoms. The van der Waals surface area contributed by atoms with Crippen molar-refractivity contribution in [2.45, 2.75) is 56.7 Å². The third kappa shape index (κ3) is 3.62. The summed E-state index contributed by atoms with van der Waals surface area (Å²) < 4.78 is 1.88. The van der Waals surface area contributed by atoms with Crippen LogP contribution in [0.2, 0.25) is 0 Å². The fourth-order valence-electron chi connectivity index (χ4n) is 6.54. The molecule has 3 saturated heterocycles. The van der Waals surface area contributed by atoms with E-state index in [4.69, 9.17) is 11.1 Å². The molecule has 9 nitrogen and oxygen atoms in total. The molecule has 1 saturated carbocycles. The standard InChI is InChI=1S/C25H34N8O/c26-20-14-17(21-16-33(30-29-21)13-12-31-9-2-1-3-10-31)4-5-18(20)23(27)24(34)28-22-15-32-11-8-25(32)7-6-19(22)25/h4-5,14,16,19,22,27H,1-3,6-13,15,26H2,(H,28,34)/t19?,22-,25?/m0/s1. The van der Waals surface area contributed by atoms with Gasteiger partial charge in [-0.15, -0.1) is 5.10 Å². The maximum atomic E-state index is 12.9. The predicted molar refractivity (Wildman–Crippen MR) is 131 cm³/mol. The molecule has 2 unspecified atom stereocenters. The van der Waals surface area contributed by atoms with Gasteiger partial charge in [0, 0.05) is 48.0 Å². The number of nitrogen functional groups attached to an aromatic ring is 1. The van der Waals surface area contributed by atoms with Crippen LogP contribution in [-0.4, -0.2) is 80.7 Å². The number of piperidine rings is 1. The van der Waals surface area contributed by atoms with Crippen LogP contribution in [0.4, 0.5) is 5.69 Å². The van der Waals surface area contributed by atoms with Gasteiger partial charge in [-0.25, -0.2) is 0 Å². The minimum Gasteiger partial charge on any atom is -0.398 e. The van der Waals surface area contributed by atoms with Gasteiger partial charge in [-0.2, -0.15) is 0 Å². The summed E-state index contributed by atoms with van der Waals surface area (Å²) in [5.41, 5.74) is 9.04. The molecule has 3 atom stereocenters. The lowest BCUT2D eigenvalue weighted by Crippen LogP contribution is -2.64. The van der Waals surface area contributed by atoms with Gasteiger partial charge in [0.1, 0.15) is 11.4 Å². The highest BCUT2D eigenvalue weighted by Crippen LogP contribution is 2.57. The fraction of sp³-hybridized carbons (Fsp3) is 0.600. The fourth-order valence-corrected chi connectivity index (χ4v) is 6.54. The van der Waals surface area contributed by atoms with Crippen LogP contribution in [0.3, 0.4) is 0 Å². The number of anilines is 1. The average Bonchev–Trinajstić information content (AvgIpc) is 3.33. The summed E-state index contributed by atoms with van der Waals surface area (Å²) in [5, 5.41) is 20.2. The van der Waals surface area contributed by atoms with Gasteiger partial charge in [0.2, 0.25) is 0 Å². The molecule has 4 heterocycles. The Kier molecular flexibility index (Phi) is 5.41. The molecule has 0 bridgehead atoms. The molecule has 9 heteroatoms. The third-order valence-corrected chi connectivity index (χ3v) is 8.72. The Balaban J connectivity index is 1.08. The summed E-state index contributed by atoms with van der Waals surface area (Å²) in [4.78, 5) is 17.9. The SMILES string of the molecule is N=C(C(=O)N[C@H]1CN2CCC23CCC13)c1ccc(-c2cn(CCN3CCCCC3)nn2)cc1N. The minimum atomic E-state index is -0.336. The molecule has 1 aromatic carbocycles. The summed E-state index contributed by atoms with van der Waals surface area (Å²) in [6.07, 6.45) is 9.50. The van der Waals surface area contributed by atoms with E-state index in [9.17, 15) is 4.79 Å². The monoisotopic (exact) mass is 462 g/mol. The first kappa shape index (κ1) is 21.7. The summed E-state index contributed by atoms with van der Waals surface area (Å²) in [6.45, 7) is 6.17. The Bertz CT molecular complexity index is 1100. The number of hydrogen-bond donors (Lipinski definition) is 3. The molecule has 4 fully saturated rings. The summed E-state index contributed by atoms with van der Waals surface area (Å²) in [6, 6.07) is 5.56. The number of likely N-dealkylation sites (tertiary alicyclic amines) is 1. The molecule has 1 amide bonds. The van der Waals surface area contributed by atoms with E-state index < -0.39 is 0 Å². The molecular weight excluding hydrogens is 428 g/mol. The minimum absolute atomic E-state index is 0.0724. The van der Waals surface area contributed by atoms with Crippen LogP contribution in [0.1, 0.15) is 44.1 Å². The van der Waals surface area contributed by atoms with Crippen molar-refractivity contribution in [1.82, 2.24) is 30.1 Å². The van der Waals surface area contributed by atoms with E-state index in [1.54, 1.807) is 12.1 Å². The number of nitrogens with two attached hydrogens (primary N) is 1. The van der Waals surface area contributed by atoms with Crippen LogP contribution in [0.15, 0.2) is 24.4 Å². The van der Waals surface area contributed by atoms with Crippen molar-refractivity contribution in [1.29, 1.82) is 5.41 Å². The van der Waals surface area contributed by atoms with Gasteiger partial charge >= 0.3 is 0 Å². The Labute approximate surface area is 200 Å². The van der Waals surface area contributed by atoms with Gasteiger partial charge in [-0.3, -0.25) is 19.8 Å². The molecule has 6 rings (SSSR count). The molecule has 1 aromatic heterocycles. The van der Waals surface area contributed by atoms with E-state index in [-0.39, 0.29) is 17.7 Å². The van der Waals surface area contributed by atoms with Crippen molar-refractivity contribution in [3.63, 3.8) is 0 Å². The second-order valence-corrected chi connectivity index (χ2v) is 10.5. The molecule has 4 aliphatic rings. The molecule has 1 aliphatic carbocycles.